The Kier molecular flexibility index (Phi) is 6.60. The van der Waals surface area contributed by atoms with E-state index in [2.05, 4.69) is 11.8 Å². The van der Waals surface area contributed by atoms with E-state index in [4.69, 9.17) is 4.74 Å². The SMILES string of the molecule is CCCCOCC(=O)CN1CCCCC1. The van der Waals surface area contributed by atoms with Crippen LogP contribution in [-0.4, -0.2) is 43.5 Å². The second-order valence-corrected chi connectivity index (χ2v) is 4.28. The minimum Gasteiger partial charge on any atom is -0.374 e. The van der Waals surface area contributed by atoms with Crippen LogP contribution in [-0.2, 0) is 9.53 Å². The molecule has 0 amide bonds. The van der Waals surface area contributed by atoms with Crippen LogP contribution in [0, 0.1) is 0 Å². The zero-order chi connectivity index (χ0) is 10.9. The molecule has 0 N–H and O–H groups in total. The molecule has 0 radical (unpaired) electrons. The number of Topliss-reactive ketones (excluding diaryl/α,β-unsaturated/α-hetero) is 1. The average molecular weight is 213 g/mol. The number of rotatable bonds is 7. The van der Waals surface area contributed by atoms with Crippen molar-refractivity contribution >= 4 is 5.78 Å². The fourth-order valence-electron chi connectivity index (χ4n) is 1.84. The lowest BCUT2D eigenvalue weighted by Crippen LogP contribution is -2.35. The second kappa shape index (κ2) is 7.83. The highest BCUT2D eigenvalue weighted by Crippen LogP contribution is 2.07. The first-order valence-corrected chi connectivity index (χ1v) is 6.14. The Labute approximate surface area is 92.8 Å². The molecule has 88 valence electrons. The number of ketones is 1. The number of carbonyl (C=O) groups excluding carboxylic acids is 1. The minimum absolute atomic E-state index is 0.230. The predicted molar refractivity (Wildman–Crippen MR) is 61.0 cm³/mol. The van der Waals surface area contributed by atoms with Gasteiger partial charge in [-0.2, -0.15) is 0 Å². The Bertz CT molecular complexity index is 176. The zero-order valence-corrected chi connectivity index (χ0v) is 9.83. The molecule has 0 atom stereocenters. The summed E-state index contributed by atoms with van der Waals surface area (Å²) in [7, 11) is 0. The molecule has 1 fully saturated rings. The summed E-state index contributed by atoms with van der Waals surface area (Å²) in [6, 6.07) is 0. The highest BCUT2D eigenvalue weighted by molar-refractivity contribution is 5.81. The van der Waals surface area contributed by atoms with Gasteiger partial charge in [0.25, 0.3) is 0 Å². The van der Waals surface area contributed by atoms with Gasteiger partial charge in [0.1, 0.15) is 6.61 Å². The van der Waals surface area contributed by atoms with E-state index in [0.717, 1.165) is 32.5 Å². The smallest absolute Gasteiger partial charge is 0.172 e. The molecule has 0 unspecified atom stereocenters. The van der Waals surface area contributed by atoms with Gasteiger partial charge in [-0.25, -0.2) is 0 Å². The average Bonchev–Trinajstić information content (AvgIpc) is 2.26. The molecule has 1 saturated heterocycles. The molecular weight excluding hydrogens is 190 g/mol. The van der Waals surface area contributed by atoms with Crippen LogP contribution in [0.3, 0.4) is 0 Å². The molecule has 0 aromatic heterocycles. The highest BCUT2D eigenvalue weighted by atomic mass is 16.5. The van der Waals surface area contributed by atoms with Gasteiger partial charge >= 0.3 is 0 Å². The van der Waals surface area contributed by atoms with Gasteiger partial charge in [-0.05, 0) is 32.4 Å². The lowest BCUT2D eigenvalue weighted by molar-refractivity contribution is -0.125. The van der Waals surface area contributed by atoms with E-state index >= 15 is 0 Å². The van der Waals surface area contributed by atoms with Crippen molar-refractivity contribution in [3.63, 3.8) is 0 Å². The molecule has 1 heterocycles. The number of hydrogen-bond acceptors (Lipinski definition) is 3. The molecule has 3 heteroatoms. The van der Waals surface area contributed by atoms with E-state index in [1.807, 2.05) is 0 Å². The van der Waals surface area contributed by atoms with E-state index in [-0.39, 0.29) is 5.78 Å². The summed E-state index contributed by atoms with van der Waals surface area (Å²) in [5.74, 6) is 0.230. The fraction of sp³-hybridized carbons (Fsp3) is 0.917. The second-order valence-electron chi connectivity index (χ2n) is 4.28. The quantitative estimate of drug-likeness (QED) is 0.605. The van der Waals surface area contributed by atoms with Crippen LogP contribution >= 0.6 is 0 Å². The summed E-state index contributed by atoms with van der Waals surface area (Å²) in [6.45, 7) is 5.91. The Morgan fingerprint density at radius 1 is 1.27 bits per heavy atom. The standard InChI is InChI=1S/C12H23NO2/c1-2-3-9-15-11-12(14)10-13-7-5-4-6-8-13/h2-11H2,1H3. The van der Waals surface area contributed by atoms with E-state index in [0.29, 0.717) is 13.2 Å². The first kappa shape index (κ1) is 12.7. The summed E-state index contributed by atoms with van der Waals surface area (Å²) in [5, 5.41) is 0. The van der Waals surface area contributed by atoms with E-state index < -0.39 is 0 Å². The fourth-order valence-corrected chi connectivity index (χ4v) is 1.84. The number of ether oxygens (including phenoxy) is 1. The van der Waals surface area contributed by atoms with Crippen LogP contribution < -0.4 is 0 Å². The van der Waals surface area contributed by atoms with E-state index in [1.165, 1.54) is 19.3 Å². The van der Waals surface area contributed by atoms with Crippen LogP contribution in [0.15, 0.2) is 0 Å². The number of hydrogen-bond donors (Lipinski definition) is 0. The van der Waals surface area contributed by atoms with Gasteiger partial charge in [0, 0.05) is 6.61 Å². The van der Waals surface area contributed by atoms with Crippen molar-refractivity contribution in [1.29, 1.82) is 0 Å². The highest BCUT2D eigenvalue weighted by Gasteiger charge is 2.13. The van der Waals surface area contributed by atoms with Crippen molar-refractivity contribution in [2.75, 3.05) is 32.8 Å². The van der Waals surface area contributed by atoms with Crippen molar-refractivity contribution in [3.8, 4) is 0 Å². The maximum atomic E-state index is 11.5. The molecule has 3 nitrogen and oxygen atoms in total. The van der Waals surface area contributed by atoms with Gasteiger partial charge in [-0.3, -0.25) is 9.69 Å². The number of carbonyl (C=O) groups is 1. The van der Waals surface area contributed by atoms with Crippen LogP contribution in [0.25, 0.3) is 0 Å². The van der Waals surface area contributed by atoms with E-state index in [9.17, 15) is 4.79 Å². The summed E-state index contributed by atoms with van der Waals surface area (Å²) < 4.78 is 5.30. The molecule has 0 aliphatic carbocycles. The predicted octanol–water partition coefficient (Wildman–Crippen LogP) is 1.86. The Morgan fingerprint density at radius 3 is 2.67 bits per heavy atom. The molecule has 1 rings (SSSR count). The number of piperidine rings is 1. The van der Waals surface area contributed by atoms with Gasteiger partial charge in [-0.1, -0.05) is 19.8 Å². The van der Waals surface area contributed by atoms with Gasteiger partial charge in [0.2, 0.25) is 0 Å². The third-order valence-electron chi connectivity index (χ3n) is 2.75. The Morgan fingerprint density at radius 2 is 2.00 bits per heavy atom. The number of nitrogens with zero attached hydrogens (tertiary/aromatic N) is 1. The van der Waals surface area contributed by atoms with Crippen molar-refractivity contribution in [2.24, 2.45) is 0 Å². The maximum Gasteiger partial charge on any atom is 0.172 e. The summed E-state index contributed by atoms with van der Waals surface area (Å²) >= 11 is 0. The van der Waals surface area contributed by atoms with Crippen molar-refractivity contribution in [3.05, 3.63) is 0 Å². The van der Waals surface area contributed by atoms with Crippen molar-refractivity contribution in [2.45, 2.75) is 39.0 Å². The molecule has 1 aliphatic heterocycles. The van der Waals surface area contributed by atoms with Gasteiger partial charge < -0.3 is 4.74 Å². The van der Waals surface area contributed by atoms with Crippen molar-refractivity contribution in [1.82, 2.24) is 4.90 Å². The lowest BCUT2D eigenvalue weighted by Gasteiger charge is -2.25. The maximum absolute atomic E-state index is 11.5. The van der Waals surface area contributed by atoms with Crippen molar-refractivity contribution < 1.29 is 9.53 Å². The molecule has 0 spiro atoms. The van der Waals surface area contributed by atoms with Crippen LogP contribution in [0.5, 0.6) is 0 Å². The summed E-state index contributed by atoms with van der Waals surface area (Å²) in [6.07, 6.45) is 5.98. The number of unbranched alkanes of at least 4 members (excludes halogenated alkanes) is 1. The Hall–Kier alpha value is -0.410. The summed E-state index contributed by atoms with van der Waals surface area (Å²) in [5.41, 5.74) is 0. The first-order chi connectivity index (χ1) is 7.33. The first-order valence-electron chi connectivity index (χ1n) is 6.14. The molecule has 15 heavy (non-hydrogen) atoms. The largest absolute Gasteiger partial charge is 0.374 e. The molecule has 0 aromatic rings. The third kappa shape index (κ3) is 5.90. The van der Waals surface area contributed by atoms with Gasteiger partial charge in [0.15, 0.2) is 5.78 Å². The Balaban J connectivity index is 2.01. The molecule has 1 aliphatic rings. The van der Waals surface area contributed by atoms with Gasteiger partial charge in [0.05, 0.1) is 6.54 Å². The zero-order valence-electron chi connectivity index (χ0n) is 9.83. The van der Waals surface area contributed by atoms with Crippen LogP contribution in [0.2, 0.25) is 0 Å². The topological polar surface area (TPSA) is 29.5 Å². The summed E-state index contributed by atoms with van der Waals surface area (Å²) in [4.78, 5) is 13.8. The van der Waals surface area contributed by atoms with Crippen LogP contribution in [0.1, 0.15) is 39.0 Å². The van der Waals surface area contributed by atoms with E-state index in [1.54, 1.807) is 0 Å². The monoisotopic (exact) mass is 213 g/mol. The molecule has 0 saturated carbocycles. The van der Waals surface area contributed by atoms with Crippen LogP contribution in [0.4, 0.5) is 0 Å². The molecule has 0 bridgehead atoms. The number of likely N-dealkylation sites (tertiary alicyclic amines) is 1. The third-order valence-corrected chi connectivity index (χ3v) is 2.75. The molecular formula is C12H23NO2. The normalized spacial score (nSPS) is 17.9. The molecule has 0 aromatic carbocycles. The lowest BCUT2D eigenvalue weighted by atomic mass is 10.1. The van der Waals surface area contributed by atoms with Gasteiger partial charge in [-0.15, -0.1) is 0 Å². The minimum atomic E-state index is 0.230.